The van der Waals surface area contributed by atoms with E-state index >= 15 is 0 Å². The molecule has 0 aromatic heterocycles. The zero-order valence-corrected chi connectivity index (χ0v) is 54.6. The predicted molar refractivity (Wildman–Crippen MR) is 409 cm³/mol. The molecule has 3 aliphatic rings. The van der Waals surface area contributed by atoms with Crippen molar-refractivity contribution in [2.75, 3.05) is 0 Å². The summed E-state index contributed by atoms with van der Waals surface area (Å²) in [6.45, 7) is 0. The minimum absolute atomic E-state index is 0.0538. The molecule has 3 heterocycles. The van der Waals surface area contributed by atoms with Crippen molar-refractivity contribution >= 4 is 97.0 Å². The zero-order chi connectivity index (χ0) is 68.4. The standard InChI is InChI=1S/3C31H20O3/c32-27-16-25-29(20-14-13-18-7-1-2-8-19(18)15-20)26-17-28(33)22-10-4-6-12-24(22)31(26)34-30(25)23-11-5-3-9-21(23)27;32-25-16-20-9-3-5-11-23(20)30-28(25)27(22-14-13-18-7-1-2-8-19(18)15-22)29-26(33)17-21-10-4-6-12-24(21)31(29)34-30;32-27-9-3-7-23-21(27)13-15-25-29(20-12-11-18-5-1-2-6-19(18)17-20)26-16-14-22-24(8-4-10-28(22)33)31(26)34-30(23)25/h1-17,29,32-33H;1-17,27,32-33H;1-17,29,32-33H. The van der Waals surface area contributed by atoms with E-state index in [4.69, 9.17) is 14.2 Å². The van der Waals surface area contributed by atoms with Crippen molar-refractivity contribution in [3.63, 3.8) is 0 Å². The maximum Gasteiger partial charge on any atom is 0.143 e. The molecule has 0 fully saturated rings. The van der Waals surface area contributed by atoms with E-state index in [1.165, 1.54) is 21.7 Å². The van der Waals surface area contributed by atoms with Crippen LogP contribution < -0.4 is 14.2 Å². The molecule has 18 aromatic rings. The second kappa shape index (κ2) is 23.6. The van der Waals surface area contributed by atoms with Crippen LogP contribution in [0.15, 0.2) is 309 Å². The summed E-state index contributed by atoms with van der Waals surface area (Å²) >= 11 is 0. The molecule has 21 rings (SSSR count). The highest BCUT2D eigenvalue weighted by Crippen LogP contribution is 2.60. The topological polar surface area (TPSA) is 149 Å². The summed E-state index contributed by atoms with van der Waals surface area (Å²) in [6.07, 6.45) is 0. The highest BCUT2D eigenvalue weighted by atomic mass is 16.5. The largest absolute Gasteiger partial charge is 0.507 e. The third-order valence-corrected chi connectivity index (χ3v) is 20.8. The van der Waals surface area contributed by atoms with Crippen LogP contribution in [0.2, 0.25) is 0 Å². The Morgan fingerprint density at radius 1 is 0.176 bits per heavy atom. The van der Waals surface area contributed by atoms with Gasteiger partial charge >= 0.3 is 0 Å². The highest BCUT2D eigenvalue weighted by Gasteiger charge is 2.38. The third-order valence-electron chi connectivity index (χ3n) is 20.8. The molecule has 9 heteroatoms. The van der Waals surface area contributed by atoms with E-state index in [-0.39, 0.29) is 46.3 Å². The van der Waals surface area contributed by atoms with Crippen molar-refractivity contribution in [2.24, 2.45) is 0 Å². The van der Waals surface area contributed by atoms with Gasteiger partial charge in [0.2, 0.25) is 0 Å². The second-order valence-electron chi connectivity index (χ2n) is 26.6. The number of phenolic OH excluding ortho intramolecular Hbond substituents is 6. The monoisotopic (exact) mass is 1320 g/mol. The van der Waals surface area contributed by atoms with Gasteiger partial charge < -0.3 is 44.8 Å². The fourth-order valence-corrected chi connectivity index (χ4v) is 16.1. The molecule has 18 aromatic carbocycles. The van der Waals surface area contributed by atoms with Crippen LogP contribution in [0.5, 0.6) is 69.0 Å². The number of phenols is 6. The Kier molecular flexibility index (Phi) is 13.8. The molecule has 9 nitrogen and oxygen atoms in total. The molecule has 486 valence electrons. The van der Waals surface area contributed by atoms with E-state index in [9.17, 15) is 30.6 Å². The first-order valence-electron chi connectivity index (χ1n) is 34.0. The predicted octanol–water partition coefficient (Wildman–Crippen LogP) is 23.5. The van der Waals surface area contributed by atoms with Gasteiger partial charge in [-0.05, 0) is 96.2 Å². The summed E-state index contributed by atoms with van der Waals surface area (Å²) < 4.78 is 19.8. The Morgan fingerprint density at radius 2 is 0.471 bits per heavy atom. The lowest BCUT2D eigenvalue weighted by Gasteiger charge is -2.32. The summed E-state index contributed by atoms with van der Waals surface area (Å²) in [5.41, 5.74) is 8.46. The smallest absolute Gasteiger partial charge is 0.143 e. The summed E-state index contributed by atoms with van der Waals surface area (Å²) in [5, 5.41) is 82.5. The van der Waals surface area contributed by atoms with Gasteiger partial charge in [0.25, 0.3) is 0 Å². The number of benzene rings is 18. The minimum atomic E-state index is -0.391. The third kappa shape index (κ3) is 9.61. The quantitative estimate of drug-likeness (QED) is 0.102. The van der Waals surface area contributed by atoms with Gasteiger partial charge in [-0.25, -0.2) is 0 Å². The van der Waals surface area contributed by atoms with Crippen molar-refractivity contribution in [1.29, 1.82) is 0 Å². The van der Waals surface area contributed by atoms with E-state index in [1.54, 1.807) is 24.3 Å². The molecule has 0 unspecified atom stereocenters. The van der Waals surface area contributed by atoms with E-state index in [0.717, 1.165) is 137 Å². The van der Waals surface area contributed by atoms with Crippen LogP contribution in [0.1, 0.15) is 67.8 Å². The van der Waals surface area contributed by atoms with Crippen LogP contribution in [0.3, 0.4) is 0 Å². The lowest BCUT2D eigenvalue weighted by atomic mass is 9.79. The number of aromatic hydroxyl groups is 6. The van der Waals surface area contributed by atoms with Crippen molar-refractivity contribution in [2.45, 2.75) is 17.8 Å². The first-order chi connectivity index (χ1) is 50.1. The number of rotatable bonds is 3. The summed E-state index contributed by atoms with van der Waals surface area (Å²) in [5.74, 6) is 4.81. The molecule has 0 atom stereocenters. The van der Waals surface area contributed by atoms with Crippen molar-refractivity contribution < 1.29 is 44.8 Å². The molecule has 0 bridgehead atoms. The summed E-state index contributed by atoms with van der Waals surface area (Å²) in [7, 11) is 0. The van der Waals surface area contributed by atoms with Gasteiger partial charge in [0.05, 0.1) is 0 Å². The Balaban J connectivity index is 0.000000106. The molecule has 0 saturated carbocycles. The van der Waals surface area contributed by atoms with Gasteiger partial charge in [0.15, 0.2) is 0 Å². The Hall–Kier alpha value is -13.5. The maximum atomic E-state index is 11.3. The van der Waals surface area contributed by atoms with Crippen LogP contribution in [0, 0.1) is 0 Å². The van der Waals surface area contributed by atoms with Crippen molar-refractivity contribution in [1.82, 2.24) is 0 Å². The van der Waals surface area contributed by atoms with Crippen LogP contribution in [0.25, 0.3) is 97.0 Å². The van der Waals surface area contributed by atoms with Gasteiger partial charge in [-0.3, -0.25) is 0 Å². The van der Waals surface area contributed by atoms with Gasteiger partial charge in [0, 0.05) is 105 Å². The van der Waals surface area contributed by atoms with Crippen molar-refractivity contribution in [3.05, 3.63) is 359 Å². The van der Waals surface area contributed by atoms with Gasteiger partial charge in [-0.1, -0.05) is 273 Å². The van der Waals surface area contributed by atoms with Gasteiger partial charge in [-0.2, -0.15) is 0 Å². The molecule has 0 radical (unpaired) electrons. The van der Waals surface area contributed by atoms with Crippen LogP contribution >= 0.6 is 0 Å². The van der Waals surface area contributed by atoms with E-state index in [0.29, 0.717) is 22.6 Å². The van der Waals surface area contributed by atoms with Gasteiger partial charge in [-0.15, -0.1) is 0 Å². The molecule has 0 amide bonds. The number of hydrogen-bond donors (Lipinski definition) is 6. The average molecular weight is 1320 g/mol. The fraction of sp³-hybridized carbons (Fsp3) is 0.0323. The molecule has 0 saturated heterocycles. The SMILES string of the molecule is Oc1cc2c(c3ccccc13)Oc1c(cc(O)c3ccccc13)C2c1ccc2ccccc2c1.Oc1cc2ccccc2c2c1C(c1ccc3ccccc3c1)c1c(O)cc3ccccc3c1O2.Oc1cccc2c3c(ccc12)C(c1ccc2ccccc2c1)c1ccc2c(O)cccc2c1O3. The zero-order valence-electron chi connectivity index (χ0n) is 54.6. The normalized spacial score (nSPS) is 13.1. The molecular formula is C93H60O9. The van der Waals surface area contributed by atoms with Crippen LogP contribution in [-0.4, -0.2) is 30.6 Å². The van der Waals surface area contributed by atoms with E-state index in [2.05, 4.69) is 115 Å². The lowest BCUT2D eigenvalue weighted by molar-refractivity contribution is 0.416. The number of fused-ring (bicyclic) bond motifs is 21. The number of hydrogen-bond acceptors (Lipinski definition) is 9. The second-order valence-corrected chi connectivity index (χ2v) is 26.6. The molecule has 0 aliphatic carbocycles. The van der Waals surface area contributed by atoms with Crippen LogP contribution in [0.4, 0.5) is 0 Å². The Labute approximate surface area is 584 Å². The Bertz CT molecular complexity index is 6240. The van der Waals surface area contributed by atoms with Crippen LogP contribution in [-0.2, 0) is 0 Å². The summed E-state index contributed by atoms with van der Waals surface area (Å²) in [6, 6.07) is 102. The molecule has 102 heavy (non-hydrogen) atoms. The fourth-order valence-electron chi connectivity index (χ4n) is 16.1. The first-order valence-corrected chi connectivity index (χ1v) is 34.0. The first kappa shape index (κ1) is 59.7. The minimum Gasteiger partial charge on any atom is -0.507 e. The van der Waals surface area contributed by atoms with E-state index in [1.807, 2.05) is 170 Å². The average Bonchev–Trinajstić information content (AvgIpc) is 0.727. The van der Waals surface area contributed by atoms with Crippen molar-refractivity contribution in [3.8, 4) is 69.0 Å². The van der Waals surface area contributed by atoms with E-state index < -0.39 is 5.92 Å². The molecule has 3 aliphatic heterocycles. The number of ether oxygens (including phenoxy) is 3. The Morgan fingerprint density at radius 3 is 0.873 bits per heavy atom. The molecule has 0 spiro atoms. The summed E-state index contributed by atoms with van der Waals surface area (Å²) in [4.78, 5) is 0. The lowest BCUT2D eigenvalue weighted by Crippen LogP contribution is -2.13. The molecule has 6 N–H and O–H groups in total. The maximum absolute atomic E-state index is 11.3. The molecular weight excluding hydrogens is 1260 g/mol. The highest BCUT2D eigenvalue weighted by molar-refractivity contribution is 6.03. The van der Waals surface area contributed by atoms with Gasteiger partial charge in [0.1, 0.15) is 69.0 Å².